The molecular weight excluding hydrogens is 428 g/mol. The van der Waals surface area contributed by atoms with Crippen LogP contribution < -0.4 is 0 Å². The molecule has 0 saturated carbocycles. The molecule has 1 atom stereocenters. The van der Waals surface area contributed by atoms with Crippen LogP contribution in [0.4, 0.5) is 0 Å². The first-order chi connectivity index (χ1) is 13.9. The van der Waals surface area contributed by atoms with Crippen LogP contribution in [0.2, 0.25) is 5.02 Å². The molecule has 0 amide bonds. The van der Waals surface area contributed by atoms with Gasteiger partial charge in [0.05, 0.1) is 21.7 Å². The van der Waals surface area contributed by atoms with Gasteiger partial charge in [-0.15, -0.1) is 0 Å². The fourth-order valence-electron chi connectivity index (χ4n) is 3.32. The minimum atomic E-state index is -3.25. The number of hydrogen-bond donors (Lipinski definition) is 0. The normalized spacial score (nSPS) is 17.4. The van der Waals surface area contributed by atoms with Crippen molar-refractivity contribution in [1.82, 2.24) is 9.78 Å². The zero-order chi connectivity index (χ0) is 20.4. The van der Waals surface area contributed by atoms with Crippen molar-refractivity contribution < 1.29 is 13.2 Å². The number of aromatic nitrogens is 2. The van der Waals surface area contributed by atoms with Crippen LogP contribution in [0.25, 0.3) is 11.3 Å². The Balaban J connectivity index is 1.75. The summed E-state index contributed by atoms with van der Waals surface area (Å²) in [5.41, 5.74) is 1.83. The fourth-order valence-corrected chi connectivity index (χ4v) is 5.01. The summed E-state index contributed by atoms with van der Waals surface area (Å²) >= 11 is 7.60. The summed E-state index contributed by atoms with van der Waals surface area (Å²) in [7, 11) is -3.25. The molecule has 0 spiro atoms. The van der Waals surface area contributed by atoms with E-state index in [2.05, 4.69) is 5.10 Å². The van der Waals surface area contributed by atoms with E-state index in [0.717, 1.165) is 46.9 Å². The van der Waals surface area contributed by atoms with E-state index < -0.39 is 9.84 Å². The van der Waals surface area contributed by atoms with Gasteiger partial charge in [0.15, 0.2) is 16.1 Å². The van der Waals surface area contributed by atoms with Gasteiger partial charge in [-0.25, -0.2) is 13.1 Å². The van der Waals surface area contributed by atoms with Crippen LogP contribution in [-0.4, -0.2) is 31.1 Å². The molecule has 29 heavy (non-hydrogen) atoms. The predicted octanol–water partition coefficient (Wildman–Crippen LogP) is 5.46. The molecule has 1 aliphatic heterocycles. The number of benzene rings is 2. The van der Waals surface area contributed by atoms with Crippen molar-refractivity contribution in [2.75, 3.05) is 12.9 Å². The Hall–Kier alpha value is -1.80. The van der Waals surface area contributed by atoms with Gasteiger partial charge in [0, 0.05) is 28.3 Å². The number of halogens is 1. The molecule has 1 aliphatic rings. The first kappa shape index (κ1) is 20.5. The lowest BCUT2D eigenvalue weighted by molar-refractivity contribution is -0.0384. The van der Waals surface area contributed by atoms with Crippen LogP contribution in [0, 0.1) is 0 Å². The monoisotopic (exact) mass is 448 g/mol. The Morgan fingerprint density at radius 2 is 1.83 bits per heavy atom. The summed E-state index contributed by atoms with van der Waals surface area (Å²) in [6.45, 7) is 0.719. The Morgan fingerprint density at radius 3 is 2.45 bits per heavy atom. The highest BCUT2D eigenvalue weighted by Gasteiger charge is 2.23. The van der Waals surface area contributed by atoms with Crippen LogP contribution >= 0.6 is 23.4 Å². The van der Waals surface area contributed by atoms with E-state index in [1.807, 2.05) is 47.3 Å². The maximum atomic E-state index is 11.8. The van der Waals surface area contributed by atoms with E-state index >= 15 is 0 Å². The average molecular weight is 449 g/mol. The average Bonchev–Trinajstić information content (AvgIpc) is 3.13. The smallest absolute Gasteiger partial charge is 0.175 e. The van der Waals surface area contributed by atoms with Gasteiger partial charge in [0.2, 0.25) is 0 Å². The molecule has 1 aromatic heterocycles. The lowest BCUT2D eigenvalue weighted by atomic mass is 10.1. The highest BCUT2D eigenvalue weighted by atomic mass is 35.5. The molecule has 0 bridgehead atoms. The van der Waals surface area contributed by atoms with E-state index in [4.69, 9.17) is 16.3 Å². The Morgan fingerprint density at radius 1 is 1.10 bits per heavy atom. The van der Waals surface area contributed by atoms with Crippen LogP contribution in [0.15, 0.2) is 69.4 Å². The summed E-state index contributed by atoms with van der Waals surface area (Å²) in [5.74, 6) is 0. The van der Waals surface area contributed by atoms with Crippen molar-refractivity contribution >= 4 is 33.2 Å². The van der Waals surface area contributed by atoms with Crippen molar-refractivity contribution in [1.29, 1.82) is 0 Å². The molecular formula is C21H21ClN2O3S2. The second-order valence-corrected chi connectivity index (χ2v) is 10.5. The molecule has 0 radical (unpaired) electrons. The first-order valence-electron chi connectivity index (χ1n) is 9.35. The molecule has 2 aromatic carbocycles. The van der Waals surface area contributed by atoms with Gasteiger partial charge in [-0.3, -0.25) is 0 Å². The molecule has 4 rings (SSSR count). The van der Waals surface area contributed by atoms with Crippen molar-refractivity contribution in [3.05, 3.63) is 59.8 Å². The molecule has 3 aromatic rings. The molecule has 1 unspecified atom stereocenters. The molecule has 0 aliphatic carbocycles. The highest BCUT2D eigenvalue weighted by Crippen LogP contribution is 2.39. The third kappa shape index (κ3) is 4.69. The van der Waals surface area contributed by atoms with Crippen LogP contribution in [0.3, 0.4) is 0 Å². The molecule has 8 heteroatoms. The standard InChI is InChI=1S/C21H21ClN2O3S2/c1-29(25,26)18-11-5-15(6-12-18)21-19(28-17-9-7-16(22)8-10-17)14-23-24(21)20-4-2-3-13-27-20/h5-12,14,20H,2-4,13H2,1H3. The Bertz CT molecular complexity index is 1090. The number of sulfone groups is 1. The Kier molecular flexibility index (Phi) is 6.01. The highest BCUT2D eigenvalue weighted by molar-refractivity contribution is 7.99. The van der Waals surface area contributed by atoms with E-state index in [1.54, 1.807) is 23.9 Å². The minimum Gasteiger partial charge on any atom is -0.356 e. The topological polar surface area (TPSA) is 61.2 Å². The number of hydrogen-bond acceptors (Lipinski definition) is 5. The van der Waals surface area contributed by atoms with Gasteiger partial charge in [-0.05, 0) is 55.7 Å². The summed E-state index contributed by atoms with van der Waals surface area (Å²) in [6.07, 6.45) is 5.99. The van der Waals surface area contributed by atoms with Gasteiger partial charge in [-0.2, -0.15) is 5.10 Å². The largest absolute Gasteiger partial charge is 0.356 e. The molecule has 152 valence electrons. The molecule has 5 nitrogen and oxygen atoms in total. The zero-order valence-electron chi connectivity index (χ0n) is 15.9. The number of nitrogens with zero attached hydrogens (tertiary/aromatic N) is 2. The van der Waals surface area contributed by atoms with Gasteiger partial charge >= 0.3 is 0 Å². The van der Waals surface area contributed by atoms with Crippen molar-refractivity contribution in [3.8, 4) is 11.3 Å². The SMILES string of the molecule is CS(=O)(=O)c1ccc(-c2c(Sc3ccc(Cl)cc3)cnn2C2CCCCO2)cc1. The summed E-state index contributed by atoms with van der Waals surface area (Å²) in [4.78, 5) is 2.33. The fraction of sp³-hybridized carbons (Fsp3) is 0.286. The molecule has 1 saturated heterocycles. The third-order valence-electron chi connectivity index (χ3n) is 4.79. The number of rotatable bonds is 5. The summed E-state index contributed by atoms with van der Waals surface area (Å²) in [5, 5.41) is 5.32. The van der Waals surface area contributed by atoms with Gasteiger partial charge in [0.25, 0.3) is 0 Å². The predicted molar refractivity (Wildman–Crippen MR) is 115 cm³/mol. The van der Waals surface area contributed by atoms with Crippen molar-refractivity contribution in [2.24, 2.45) is 0 Å². The van der Waals surface area contributed by atoms with Crippen molar-refractivity contribution in [2.45, 2.75) is 40.2 Å². The van der Waals surface area contributed by atoms with Crippen LogP contribution in [0.5, 0.6) is 0 Å². The lowest BCUT2D eigenvalue weighted by Crippen LogP contribution is -2.20. The van der Waals surface area contributed by atoms with Crippen molar-refractivity contribution in [3.63, 3.8) is 0 Å². The molecule has 1 fully saturated rings. The lowest BCUT2D eigenvalue weighted by Gasteiger charge is -2.25. The van der Waals surface area contributed by atoms with Crippen LogP contribution in [-0.2, 0) is 14.6 Å². The molecule has 2 heterocycles. The summed E-state index contributed by atoms with van der Waals surface area (Å²) in [6, 6.07) is 14.6. The van der Waals surface area contributed by atoms with E-state index in [1.165, 1.54) is 6.26 Å². The van der Waals surface area contributed by atoms with Gasteiger partial charge in [0.1, 0.15) is 0 Å². The second-order valence-electron chi connectivity index (χ2n) is 6.98. The van der Waals surface area contributed by atoms with Crippen LogP contribution in [0.1, 0.15) is 25.5 Å². The summed E-state index contributed by atoms with van der Waals surface area (Å²) < 4.78 is 31.5. The maximum absolute atomic E-state index is 11.8. The Labute approximate surface area is 180 Å². The minimum absolute atomic E-state index is 0.118. The first-order valence-corrected chi connectivity index (χ1v) is 12.4. The third-order valence-corrected chi connectivity index (χ3v) is 7.19. The van der Waals surface area contributed by atoms with E-state index in [9.17, 15) is 8.42 Å². The van der Waals surface area contributed by atoms with E-state index in [0.29, 0.717) is 9.92 Å². The van der Waals surface area contributed by atoms with E-state index in [-0.39, 0.29) is 6.23 Å². The second kappa shape index (κ2) is 8.52. The maximum Gasteiger partial charge on any atom is 0.175 e. The quantitative estimate of drug-likeness (QED) is 0.518. The number of ether oxygens (including phenoxy) is 1. The van der Waals surface area contributed by atoms with Gasteiger partial charge in [-0.1, -0.05) is 35.5 Å². The molecule has 0 N–H and O–H groups in total. The zero-order valence-corrected chi connectivity index (χ0v) is 18.3. The van der Waals surface area contributed by atoms with Gasteiger partial charge < -0.3 is 4.74 Å².